The predicted molar refractivity (Wildman–Crippen MR) is 110 cm³/mol. The molecule has 3 rings (SSSR count). The number of carbonyl (C=O) groups excluding carboxylic acids is 1. The number of amides is 1. The quantitative estimate of drug-likeness (QED) is 0.782. The Labute approximate surface area is 166 Å². The van der Waals surface area contributed by atoms with Crippen LogP contribution in [0.15, 0.2) is 48.5 Å². The van der Waals surface area contributed by atoms with Gasteiger partial charge in [-0.1, -0.05) is 30.7 Å². The molecule has 1 fully saturated rings. The second-order valence-corrected chi connectivity index (χ2v) is 8.04. The molecular weight excluding hydrogens is 360 g/mol. The number of halogens is 1. The molecule has 4 nitrogen and oxygen atoms in total. The largest absolute Gasteiger partial charge is 0.381 e. The van der Waals surface area contributed by atoms with Crippen molar-refractivity contribution < 1.29 is 9.53 Å². The molecule has 2 atom stereocenters. The summed E-state index contributed by atoms with van der Waals surface area (Å²) < 4.78 is 5.67. The van der Waals surface area contributed by atoms with Crippen molar-refractivity contribution >= 4 is 23.2 Å². The number of nitrogens with zero attached hydrogens (tertiary/aromatic N) is 1. The smallest absolute Gasteiger partial charge is 0.255 e. The summed E-state index contributed by atoms with van der Waals surface area (Å²) in [5.74, 6) is 1.13. The molecule has 1 saturated heterocycles. The monoisotopic (exact) mass is 386 g/mol. The first kappa shape index (κ1) is 19.9. The summed E-state index contributed by atoms with van der Waals surface area (Å²) in [7, 11) is 2.15. The van der Waals surface area contributed by atoms with E-state index in [1.54, 1.807) is 24.3 Å². The normalized spacial score (nSPS) is 19.9. The van der Waals surface area contributed by atoms with Gasteiger partial charge in [0.25, 0.3) is 5.91 Å². The number of ether oxygens (including phenoxy) is 1. The summed E-state index contributed by atoms with van der Waals surface area (Å²) in [6, 6.07) is 14.9. The summed E-state index contributed by atoms with van der Waals surface area (Å²) in [5.41, 5.74) is 2.61. The highest BCUT2D eigenvalue weighted by atomic mass is 35.5. The highest BCUT2D eigenvalue weighted by Gasteiger charge is 2.20. The van der Waals surface area contributed by atoms with Crippen LogP contribution in [0.2, 0.25) is 5.02 Å². The molecule has 2 aromatic rings. The fourth-order valence-corrected chi connectivity index (χ4v) is 3.71. The third-order valence-corrected chi connectivity index (χ3v) is 5.08. The van der Waals surface area contributed by atoms with Crippen LogP contribution in [0, 0.1) is 11.8 Å². The molecule has 0 unspecified atom stereocenters. The van der Waals surface area contributed by atoms with Crippen LogP contribution in [0.1, 0.15) is 29.3 Å². The van der Waals surface area contributed by atoms with E-state index in [0.717, 1.165) is 32.0 Å². The minimum Gasteiger partial charge on any atom is -0.381 e. The summed E-state index contributed by atoms with van der Waals surface area (Å²) in [6.45, 7) is 5.94. The third kappa shape index (κ3) is 6.06. The van der Waals surface area contributed by atoms with E-state index in [1.165, 1.54) is 12.0 Å². The number of hydrogen-bond acceptors (Lipinski definition) is 3. The zero-order valence-corrected chi connectivity index (χ0v) is 16.7. The molecule has 0 saturated carbocycles. The minimum atomic E-state index is -0.136. The molecule has 0 spiro atoms. The Bertz CT molecular complexity index is 746. The van der Waals surface area contributed by atoms with Gasteiger partial charge in [0, 0.05) is 36.0 Å². The van der Waals surface area contributed by atoms with Gasteiger partial charge in [-0.15, -0.1) is 0 Å². The van der Waals surface area contributed by atoms with Crippen molar-refractivity contribution in [1.29, 1.82) is 0 Å². The average Bonchev–Trinajstić information content (AvgIpc) is 2.64. The van der Waals surface area contributed by atoms with Gasteiger partial charge in [-0.25, -0.2) is 0 Å². The fourth-order valence-electron chi connectivity index (χ4n) is 3.58. The van der Waals surface area contributed by atoms with Crippen molar-refractivity contribution in [3.05, 3.63) is 64.7 Å². The molecule has 144 valence electrons. The highest BCUT2D eigenvalue weighted by Crippen LogP contribution is 2.21. The number of rotatable bonds is 6. The fraction of sp³-hybridized carbons (Fsp3) is 0.409. The van der Waals surface area contributed by atoms with Crippen LogP contribution in [-0.2, 0) is 11.3 Å². The Morgan fingerprint density at radius 3 is 2.52 bits per heavy atom. The molecule has 1 aliphatic rings. The van der Waals surface area contributed by atoms with Gasteiger partial charge in [-0.3, -0.25) is 4.79 Å². The Morgan fingerprint density at radius 2 is 1.85 bits per heavy atom. The van der Waals surface area contributed by atoms with Gasteiger partial charge in [-0.2, -0.15) is 0 Å². The van der Waals surface area contributed by atoms with Gasteiger partial charge in [0.05, 0.1) is 6.61 Å². The summed E-state index contributed by atoms with van der Waals surface area (Å²) in [6.07, 6.45) is 1.24. The Balaban J connectivity index is 1.50. The molecule has 1 aliphatic heterocycles. The second kappa shape index (κ2) is 9.36. The van der Waals surface area contributed by atoms with Crippen molar-refractivity contribution in [2.75, 3.05) is 32.1 Å². The van der Waals surface area contributed by atoms with Crippen molar-refractivity contribution in [2.45, 2.75) is 19.9 Å². The molecule has 1 amide bonds. The maximum absolute atomic E-state index is 12.3. The van der Waals surface area contributed by atoms with Crippen LogP contribution in [0.4, 0.5) is 5.69 Å². The van der Waals surface area contributed by atoms with Crippen molar-refractivity contribution in [3.8, 4) is 0 Å². The predicted octanol–water partition coefficient (Wildman–Crippen LogP) is 4.70. The van der Waals surface area contributed by atoms with Crippen LogP contribution in [0.5, 0.6) is 0 Å². The Hall–Kier alpha value is -1.88. The maximum atomic E-state index is 12.3. The van der Waals surface area contributed by atoms with Crippen LogP contribution >= 0.6 is 11.6 Å². The standard InChI is InChI=1S/C22H27ClN2O2/c1-16-11-18(15-27-14-16)13-25(2)12-17-3-9-21(10-4-17)24-22(26)19-5-7-20(23)8-6-19/h3-10,16,18H,11-15H2,1-2H3,(H,24,26)/t16-,18-/m1/s1. The van der Waals surface area contributed by atoms with E-state index < -0.39 is 0 Å². The Morgan fingerprint density at radius 1 is 1.15 bits per heavy atom. The summed E-state index contributed by atoms with van der Waals surface area (Å²) >= 11 is 5.86. The number of carbonyl (C=O) groups is 1. The lowest BCUT2D eigenvalue weighted by molar-refractivity contribution is 0.0101. The van der Waals surface area contributed by atoms with Gasteiger partial charge in [-0.05, 0) is 67.3 Å². The van der Waals surface area contributed by atoms with E-state index in [0.29, 0.717) is 22.4 Å². The summed E-state index contributed by atoms with van der Waals surface area (Å²) in [5, 5.41) is 3.54. The van der Waals surface area contributed by atoms with E-state index in [4.69, 9.17) is 16.3 Å². The van der Waals surface area contributed by atoms with E-state index in [1.807, 2.05) is 12.1 Å². The molecule has 0 aliphatic carbocycles. The molecule has 1 heterocycles. The number of nitrogens with one attached hydrogen (secondary N) is 1. The molecular formula is C22H27ClN2O2. The van der Waals surface area contributed by atoms with E-state index in [2.05, 4.69) is 36.3 Å². The topological polar surface area (TPSA) is 41.6 Å². The average molecular weight is 387 g/mol. The lowest BCUT2D eigenvalue weighted by Gasteiger charge is -2.30. The first-order chi connectivity index (χ1) is 13.0. The van der Waals surface area contributed by atoms with Crippen LogP contribution in [-0.4, -0.2) is 37.6 Å². The lowest BCUT2D eigenvalue weighted by Crippen LogP contribution is -2.33. The van der Waals surface area contributed by atoms with Crippen molar-refractivity contribution in [2.24, 2.45) is 11.8 Å². The molecule has 2 aromatic carbocycles. The van der Waals surface area contributed by atoms with Crippen molar-refractivity contribution in [3.63, 3.8) is 0 Å². The molecule has 1 N–H and O–H groups in total. The molecule has 5 heteroatoms. The highest BCUT2D eigenvalue weighted by molar-refractivity contribution is 6.30. The van der Waals surface area contributed by atoms with Crippen LogP contribution in [0.3, 0.4) is 0 Å². The first-order valence-corrected chi connectivity index (χ1v) is 9.79. The van der Waals surface area contributed by atoms with Crippen LogP contribution in [0.25, 0.3) is 0 Å². The lowest BCUT2D eigenvalue weighted by atomic mass is 9.94. The number of benzene rings is 2. The van der Waals surface area contributed by atoms with Gasteiger partial charge >= 0.3 is 0 Å². The Kier molecular flexibility index (Phi) is 6.89. The van der Waals surface area contributed by atoms with Gasteiger partial charge in [0.2, 0.25) is 0 Å². The minimum absolute atomic E-state index is 0.136. The van der Waals surface area contributed by atoms with E-state index in [9.17, 15) is 4.79 Å². The van der Waals surface area contributed by atoms with Gasteiger partial charge in [0.15, 0.2) is 0 Å². The van der Waals surface area contributed by atoms with Crippen molar-refractivity contribution in [1.82, 2.24) is 4.90 Å². The van der Waals surface area contributed by atoms with Gasteiger partial charge in [0.1, 0.15) is 0 Å². The molecule has 0 bridgehead atoms. The number of anilines is 1. The first-order valence-electron chi connectivity index (χ1n) is 9.42. The number of hydrogen-bond donors (Lipinski definition) is 1. The summed E-state index contributed by atoms with van der Waals surface area (Å²) in [4.78, 5) is 14.6. The second-order valence-electron chi connectivity index (χ2n) is 7.60. The molecule has 0 radical (unpaired) electrons. The zero-order valence-electron chi connectivity index (χ0n) is 16.0. The zero-order chi connectivity index (χ0) is 19.2. The van der Waals surface area contributed by atoms with Gasteiger partial charge < -0.3 is 15.0 Å². The molecule has 0 aromatic heterocycles. The van der Waals surface area contributed by atoms with E-state index in [-0.39, 0.29) is 5.91 Å². The SMILES string of the molecule is C[C@H]1COC[C@@H](CN(C)Cc2ccc(NC(=O)c3ccc(Cl)cc3)cc2)C1. The van der Waals surface area contributed by atoms with E-state index >= 15 is 0 Å². The van der Waals surface area contributed by atoms with Crippen LogP contribution < -0.4 is 5.32 Å². The third-order valence-electron chi connectivity index (χ3n) is 4.83. The maximum Gasteiger partial charge on any atom is 0.255 e. The molecule has 27 heavy (non-hydrogen) atoms.